The minimum atomic E-state index is 0.294. The van der Waals surface area contributed by atoms with Gasteiger partial charge in [-0.05, 0) is 32.3 Å². The number of nitrogens with two attached hydrogens (primary N) is 1. The number of rotatable bonds is 5. The summed E-state index contributed by atoms with van der Waals surface area (Å²) >= 11 is 4.92. The molecule has 0 bridgehead atoms. The minimum Gasteiger partial charge on any atom is -0.388 e. The largest absolute Gasteiger partial charge is 0.388 e. The van der Waals surface area contributed by atoms with E-state index in [4.69, 9.17) is 22.7 Å². The summed E-state index contributed by atoms with van der Waals surface area (Å²) in [5, 5.41) is 3.19. The Kier molecular flexibility index (Phi) is 4.43. The lowest BCUT2D eigenvalue weighted by Crippen LogP contribution is -2.17. The number of hydrogen-bond acceptors (Lipinski definition) is 5. The molecular weight excluding hydrogens is 248 g/mol. The highest BCUT2D eigenvalue weighted by molar-refractivity contribution is 7.80. The van der Waals surface area contributed by atoms with E-state index in [1.54, 1.807) is 6.07 Å². The molecule has 2 heterocycles. The van der Waals surface area contributed by atoms with E-state index < -0.39 is 0 Å². The topological polar surface area (TPSA) is 73.1 Å². The molecule has 2 rings (SSSR count). The maximum Gasteiger partial charge on any atom is 0.223 e. The Balaban J connectivity index is 1.89. The van der Waals surface area contributed by atoms with Crippen LogP contribution in [0.1, 0.15) is 30.7 Å². The third-order valence-corrected chi connectivity index (χ3v) is 3.09. The van der Waals surface area contributed by atoms with Gasteiger partial charge in [-0.3, -0.25) is 0 Å². The monoisotopic (exact) mass is 266 g/mol. The Labute approximate surface area is 112 Å². The fourth-order valence-corrected chi connectivity index (χ4v) is 2.10. The van der Waals surface area contributed by atoms with Gasteiger partial charge in [-0.2, -0.15) is 0 Å². The van der Waals surface area contributed by atoms with Crippen LogP contribution in [0.25, 0.3) is 0 Å². The van der Waals surface area contributed by atoms with E-state index in [1.807, 2.05) is 6.92 Å². The van der Waals surface area contributed by atoms with Crippen molar-refractivity contribution in [2.75, 3.05) is 18.5 Å². The van der Waals surface area contributed by atoms with E-state index in [2.05, 4.69) is 15.3 Å². The van der Waals surface area contributed by atoms with Gasteiger partial charge in [-0.25, -0.2) is 9.97 Å². The molecule has 1 saturated heterocycles. The van der Waals surface area contributed by atoms with Crippen molar-refractivity contribution < 1.29 is 4.74 Å². The van der Waals surface area contributed by atoms with E-state index in [9.17, 15) is 0 Å². The number of hydrogen-bond donors (Lipinski definition) is 2. The molecule has 1 atom stereocenters. The van der Waals surface area contributed by atoms with Gasteiger partial charge in [0.25, 0.3) is 0 Å². The SMILES string of the molecule is Cc1cc(C(N)=S)nc(NCCC2CCCO2)n1. The van der Waals surface area contributed by atoms with Crippen molar-refractivity contribution in [3.8, 4) is 0 Å². The summed E-state index contributed by atoms with van der Waals surface area (Å²) in [6, 6.07) is 1.79. The summed E-state index contributed by atoms with van der Waals surface area (Å²) in [5.41, 5.74) is 7.04. The molecule has 0 radical (unpaired) electrons. The Morgan fingerprint density at radius 3 is 3.11 bits per heavy atom. The molecule has 1 aliphatic heterocycles. The molecule has 0 saturated carbocycles. The molecule has 1 aromatic rings. The number of aryl methyl sites for hydroxylation is 1. The van der Waals surface area contributed by atoms with Crippen molar-refractivity contribution in [2.24, 2.45) is 5.73 Å². The van der Waals surface area contributed by atoms with Crippen LogP contribution in [0.3, 0.4) is 0 Å². The van der Waals surface area contributed by atoms with Crippen molar-refractivity contribution in [1.82, 2.24) is 9.97 Å². The lowest BCUT2D eigenvalue weighted by molar-refractivity contribution is 0.107. The van der Waals surface area contributed by atoms with Gasteiger partial charge in [0.2, 0.25) is 5.95 Å². The van der Waals surface area contributed by atoms with Crippen LogP contribution in [0, 0.1) is 6.92 Å². The number of aromatic nitrogens is 2. The first-order valence-electron chi connectivity index (χ1n) is 6.16. The highest BCUT2D eigenvalue weighted by Gasteiger charge is 2.14. The number of nitrogens with zero attached hydrogens (tertiary/aromatic N) is 2. The fourth-order valence-electron chi connectivity index (χ4n) is 1.99. The summed E-state index contributed by atoms with van der Waals surface area (Å²) < 4.78 is 5.55. The zero-order valence-electron chi connectivity index (χ0n) is 10.5. The summed E-state index contributed by atoms with van der Waals surface area (Å²) in [6.07, 6.45) is 3.66. The van der Waals surface area contributed by atoms with Gasteiger partial charge < -0.3 is 15.8 Å². The molecular formula is C12H18N4OS. The first-order chi connectivity index (χ1) is 8.65. The molecule has 0 spiro atoms. The van der Waals surface area contributed by atoms with E-state index in [0.717, 1.165) is 38.1 Å². The van der Waals surface area contributed by atoms with E-state index >= 15 is 0 Å². The van der Waals surface area contributed by atoms with Crippen LogP contribution in [-0.4, -0.2) is 34.2 Å². The summed E-state index contributed by atoms with van der Waals surface area (Å²) in [7, 11) is 0. The van der Waals surface area contributed by atoms with Crippen LogP contribution in [0.4, 0.5) is 5.95 Å². The molecule has 0 aliphatic carbocycles. The van der Waals surface area contributed by atoms with Gasteiger partial charge in [0, 0.05) is 18.8 Å². The third-order valence-electron chi connectivity index (χ3n) is 2.88. The van der Waals surface area contributed by atoms with Crippen LogP contribution in [0.2, 0.25) is 0 Å². The summed E-state index contributed by atoms with van der Waals surface area (Å²) in [5.74, 6) is 0.579. The van der Waals surface area contributed by atoms with Crippen LogP contribution < -0.4 is 11.1 Å². The van der Waals surface area contributed by atoms with Crippen LogP contribution in [0.15, 0.2) is 6.07 Å². The molecule has 6 heteroatoms. The van der Waals surface area contributed by atoms with Crippen molar-refractivity contribution in [3.63, 3.8) is 0 Å². The maximum absolute atomic E-state index is 5.57. The second kappa shape index (κ2) is 6.06. The van der Waals surface area contributed by atoms with Crippen LogP contribution >= 0.6 is 12.2 Å². The first-order valence-corrected chi connectivity index (χ1v) is 6.57. The molecule has 18 heavy (non-hydrogen) atoms. The number of thiocarbonyl (C=S) groups is 1. The highest BCUT2D eigenvalue weighted by atomic mass is 32.1. The van der Waals surface area contributed by atoms with Gasteiger partial charge in [0.05, 0.1) is 6.10 Å². The molecule has 98 valence electrons. The Morgan fingerprint density at radius 2 is 2.44 bits per heavy atom. The Bertz CT molecular complexity index is 432. The second-order valence-corrected chi connectivity index (χ2v) is 4.87. The zero-order valence-corrected chi connectivity index (χ0v) is 11.3. The molecule has 1 aliphatic rings. The summed E-state index contributed by atoms with van der Waals surface area (Å²) in [6.45, 7) is 3.58. The lowest BCUT2D eigenvalue weighted by atomic mass is 10.2. The normalized spacial score (nSPS) is 18.8. The van der Waals surface area contributed by atoms with Gasteiger partial charge in [0.15, 0.2) is 0 Å². The molecule has 1 aromatic heterocycles. The van der Waals surface area contributed by atoms with Crippen LogP contribution in [0.5, 0.6) is 0 Å². The molecule has 1 unspecified atom stereocenters. The predicted octanol–water partition coefficient (Wildman–Crippen LogP) is 1.40. The lowest BCUT2D eigenvalue weighted by Gasteiger charge is -2.11. The van der Waals surface area contributed by atoms with E-state index in [0.29, 0.717) is 22.7 Å². The standard InChI is InChI=1S/C12H18N4OS/c1-8-7-10(11(13)18)16-12(15-8)14-5-4-9-3-2-6-17-9/h7,9H,2-6H2,1H3,(H2,13,18)(H,14,15,16). The van der Waals surface area contributed by atoms with Crippen molar-refractivity contribution in [2.45, 2.75) is 32.3 Å². The smallest absolute Gasteiger partial charge is 0.223 e. The quantitative estimate of drug-likeness (QED) is 0.785. The average Bonchev–Trinajstić information content (AvgIpc) is 2.81. The number of ether oxygens (including phenoxy) is 1. The molecule has 3 N–H and O–H groups in total. The Hall–Kier alpha value is -1.27. The summed E-state index contributed by atoms with van der Waals surface area (Å²) in [4.78, 5) is 8.86. The molecule has 5 nitrogen and oxygen atoms in total. The maximum atomic E-state index is 5.57. The van der Waals surface area contributed by atoms with Gasteiger partial charge in [-0.1, -0.05) is 12.2 Å². The van der Waals surface area contributed by atoms with Crippen molar-refractivity contribution >= 4 is 23.2 Å². The fraction of sp³-hybridized carbons (Fsp3) is 0.583. The first kappa shape index (κ1) is 13.2. The third kappa shape index (κ3) is 3.61. The van der Waals surface area contributed by atoms with Gasteiger partial charge >= 0.3 is 0 Å². The molecule has 1 fully saturated rings. The Morgan fingerprint density at radius 1 is 1.61 bits per heavy atom. The van der Waals surface area contributed by atoms with Crippen molar-refractivity contribution in [1.29, 1.82) is 0 Å². The number of anilines is 1. The van der Waals surface area contributed by atoms with Gasteiger partial charge in [-0.15, -0.1) is 0 Å². The highest BCUT2D eigenvalue weighted by Crippen LogP contribution is 2.15. The van der Waals surface area contributed by atoms with Crippen LogP contribution in [-0.2, 0) is 4.74 Å². The zero-order chi connectivity index (χ0) is 13.0. The van der Waals surface area contributed by atoms with Crippen molar-refractivity contribution in [3.05, 3.63) is 17.5 Å². The van der Waals surface area contributed by atoms with E-state index in [-0.39, 0.29) is 0 Å². The predicted molar refractivity (Wildman–Crippen MR) is 74.7 cm³/mol. The average molecular weight is 266 g/mol. The second-order valence-electron chi connectivity index (χ2n) is 4.43. The number of nitrogens with one attached hydrogen (secondary N) is 1. The van der Waals surface area contributed by atoms with E-state index in [1.165, 1.54) is 0 Å². The molecule has 0 aromatic carbocycles. The van der Waals surface area contributed by atoms with Gasteiger partial charge in [0.1, 0.15) is 10.7 Å². The molecule has 0 amide bonds. The minimum absolute atomic E-state index is 0.294.